The first-order valence-electron chi connectivity index (χ1n) is 7.37. The van der Waals surface area contributed by atoms with E-state index in [1.165, 1.54) is 6.07 Å². The summed E-state index contributed by atoms with van der Waals surface area (Å²) in [4.78, 5) is 1.86. The third-order valence-corrected chi connectivity index (χ3v) is 3.22. The lowest BCUT2D eigenvalue weighted by Gasteiger charge is -2.23. The van der Waals surface area contributed by atoms with Gasteiger partial charge in [0, 0.05) is 25.8 Å². The van der Waals surface area contributed by atoms with E-state index in [-0.39, 0.29) is 6.54 Å². The first-order chi connectivity index (χ1) is 9.75. The molecule has 21 heavy (non-hydrogen) atoms. The van der Waals surface area contributed by atoms with Crippen molar-refractivity contribution in [3.8, 4) is 0 Å². The second kappa shape index (κ2) is 7.69. The molecule has 0 saturated heterocycles. The van der Waals surface area contributed by atoms with Crippen LogP contribution in [0.15, 0.2) is 18.2 Å². The van der Waals surface area contributed by atoms with Gasteiger partial charge in [-0.05, 0) is 36.6 Å². The highest BCUT2D eigenvalue weighted by Crippen LogP contribution is 2.34. The van der Waals surface area contributed by atoms with Crippen molar-refractivity contribution < 1.29 is 13.2 Å². The van der Waals surface area contributed by atoms with E-state index in [1.807, 2.05) is 32.7 Å². The normalized spacial score (nSPS) is 12.0. The molecule has 0 aromatic heterocycles. The van der Waals surface area contributed by atoms with E-state index in [1.54, 1.807) is 12.1 Å². The fraction of sp³-hybridized carbons (Fsp3) is 0.625. The maximum atomic E-state index is 13.2. The zero-order valence-corrected chi connectivity index (χ0v) is 13.2. The number of nitrogens with zero attached hydrogens (tertiary/aromatic N) is 1. The first-order valence-corrected chi connectivity index (χ1v) is 7.37. The average Bonchev–Trinajstić information content (AvgIpc) is 2.37. The number of hydrogen-bond donors (Lipinski definition) is 1. The van der Waals surface area contributed by atoms with Gasteiger partial charge in [0.05, 0.1) is 5.56 Å². The largest absolute Gasteiger partial charge is 0.416 e. The van der Waals surface area contributed by atoms with Crippen LogP contribution in [0, 0.1) is 5.92 Å². The van der Waals surface area contributed by atoms with Crippen molar-refractivity contribution in [2.45, 2.75) is 39.9 Å². The molecule has 1 N–H and O–H groups in total. The fourth-order valence-corrected chi connectivity index (χ4v) is 2.27. The summed E-state index contributed by atoms with van der Waals surface area (Å²) in [5, 5.41) is 3.03. The van der Waals surface area contributed by atoms with Crippen molar-refractivity contribution >= 4 is 5.69 Å². The van der Waals surface area contributed by atoms with E-state index < -0.39 is 11.7 Å². The van der Waals surface area contributed by atoms with Crippen LogP contribution in [-0.4, -0.2) is 20.1 Å². The molecule has 0 spiro atoms. The van der Waals surface area contributed by atoms with Crippen molar-refractivity contribution in [2.24, 2.45) is 5.92 Å². The molecule has 0 fully saturated rings. The molecule has 0 radical (unpaired) electrons. The predicted octanol–water partition coefficient (Wildman–Crippen LogP) is 4.30. The van der Waals surface area contributed by atoms with Crippen molar-refractivity contribution in [2.75, 3.05) is 25.0 Å². The van der Waals surface area contributed by atoms with E-state index in [0.29, 0.717) is 23.7 Å². The highest BCUT2D eigenvalue weighted by Gasteiger charge is 2.33. The SMILES string of the molecule is CCCNCc1ccc(N(C)CC(C)C)cc1C(F)(F)F. The zero-order valence-electron chi connectivity index (χ0n) is 13.2. The summed E-state index contributed by atoms with van der Waals surface area (Å²) in [5.41, 5.74) is 0.368. The number of rotatable bonds is 7. The van der Waals surface area contributed by atoms with Crippen LogP contribution >= 0.6 is 0 Å². The summed E-state index contributed by atoms with van der Waals surface area (Å²) < 4.78 is 39.7. The molecule has 1 aromatic carbocycles. The molecule has 0 saturated carbocycles. The van der Waals surface area contributed by atoms with Gasteiger partial charge in [-0.2, -0.15) is 13.2 Å². The summed E-state index contributed by atoms with van der Waals surface area (Å²) in [6, 6.07) is 4.60. The highest BCUT2D eigenvalue weighted by molar-refractivity contribution is 5.51. The maximum Gasteiger partial charge on any atom is 0.416 e. The van der Waals surface area contributed by atoms with Gasteiger partial charge in [0.25, 0.3) is 0 Å². The van der Waals surface area contributed by atoms with Crippen LogP contribution < -0.4 is 10.2 Å². The molecule has 120 valence electrons. The lowest BCUT2D eigenvalue weighted by Crippen LogP contribution is -2.24. The molecule has 0 aliphatic heterocycles. The van der Waals surface area contributed by atoms with Gasteiger partial charge in [-0.3, -0.25) is 0 Å². The fourth-order valence-electron chi connectivity index (χ4n) is 2.27. The van der Waals surface area contributed by atoms with E-state index in [0.717, 1.165) is 13.0 Å². The second-order valence-electron chi connectivity index (χ2n) is 5.79. The van der Waals surface area contributed by atoms with Gasteiger partial charge in [0.2, 0.25) is 0 Å². The molecular weight excluding hydrogens is 277 g/mol. The Morgan fingerprint density at radius 2 is 1.90 bits per heavy atom. The molecule has 0 atom stereocenters. The van der Waals surface area contributed by atoms with Crippen LogP contribution in [0.25, 0.3) is 0 Å². The third-order valence-electron chi connectivity index (χ3n) is 3.22. The summed E-state index contributed by atoms with van der Waals surface area (Å²) in [7, 11) is 1.82. The molecule has 2 nitrogen and oxygen atoms in total. The predicted molar refractivity (Wildman–Crippen MR) is 81.5 cm³/mol. The average molecular weight is 302 g/mol. The number of halogens is 3. The molecule has 0 bridgehead atoms. The first kappa shape index (κ1) is 17.8. The van der Waals surface area contributed by atoms with Gasteiger partial charge < -0.3 is 10.2 Å². The highest BCUT2D eigenvalue weighted by atomic mass is 19.4. The van der Waals surface area contributed by atoms with Crippen molar-refractivity contribution in [3.63, 3.8) is 0 Å². The molecular formula is C16H25F3N2. The quantitative estimate of drug-likeness (QED) is 0.756. The standard InChI is InChI=1S/C16H25F3N2/c1-5-8-20-10-13-6-7-14(21(4)11-12(2)3)9-15(13)16(17,18)19/h6-7,9,12,20H,5,8,10-11H2,1-4H3. The Kier molecular flexibility index (Phi) is 6.52. The minimum Gasteiger partial charge on any atom is -0.374 e. The van der Waals surface area contributed by atoms with Crippen LogP contribution in [0.5, 0.6) is 0 Å². The molecule has 0 heterocycles. The molecule has 1 aromatic rings. The molecule has 0 aliphatic rings. The second-order valence-corrected chi connectivity index (χ2v) is 5.79. The Morgan fingerprint density at radius 3 is 2.43 bits per heavy atom. The van der Waals surface area contributed by atoms with E-state index in [9.17, 15) is 13.2 Å². The molecule has 1 rings (SSSR count). The van der Waals surface area contributed by atoms with Gasteiger partial charge in [0.1, 0.15) is 0 Å². The topological polar surface area (TPSA) is 15.3 Å². The van der Waals surface area contributed by atoms with Gasteiger partial charge in [-0.15, -0.1) is 0 Å². The molecule has 0 aliphatic carbocycles. The number of nitrogens with one attached hydrogen (secondary N) is 1. The number of hydrogen-bond acceptors (Lipinski definition) is 2. The maximum absolute atomic E-state index is 13.2. The summed E-state index contributed by atoms with van der Waals surface area (Å²) in [6.07, 6.45) is -3.42. The Morgan fingerprint density at radius 1 is 1.24 bits per heavy atom. The summed E-state index contributed by atoms with van der Waals surface area (Å²) >= 11 is 0. The van der Waals surface area contributed by atoms with Gasteiger partial charge in [-0.1, -0.05) is 26.8 Å². The van der Waals surface area contributed by atoms with Gasteiger partial charge in [-0.25, -0.2) is 0 Å². The van der Waals surface area contributed by atoms with E-state index >= 15 is 0 Å². The monoisotopic (exact) mass is 302 g/mol. The van der Waals surface area contributed by atoms with Crippen LogP contribution in [0.1, 0.15) is 38.3 Å². The van der Waals surface area contributed by atoms with Gasteiger partial charge in [0.15, 0.2) is 0 Å². The Balaban J connectivity index is 3.01. The number of alkyl halides is 3. The van der Waals surface area contributed by atoms with Crippen LogP contribution in [0.2, 0.25) is 0 Å². The zero-order chi connectivity index (χ0) is 16.0. The van der Waals surface area contributed by atoms with Crippen LogP contribution in [0.3, 0.4) is 0 Å². The number of anilines is 1. The van der Waals surface area contributed by atoms with E-state index in [2.05, 4.69) is 5.32 Å². The molecule has 0 unspecified atom stereocenters. The summed E-state index contributed by atoms with van der Waals surface area (Å²) in [6.45, 7) is 7.77. The Labute approximate surface area is 125 Å². The molecule has 5 heteroatoms. The number of benzene rings is 1. The van der Waals surface area contributed by atoms with Crippen LogP contribution in [-0.2, 0) is 12.7 Å². The smallest absolute Gasteiger partial charge is 0.374 e. The third kappa shape index (κ3) is 5.58. The van der Waals surface area contributed by atoms with Crippen molar-refractivity contribution in [1.29, 1.82) is 0 Å². The Hall–Kier alpha value is -1.23. The van der Waals surface area contributed by atoms with Crippen molar-refractivity contribution in [3.05, 3.63) is 29.3 Å². The van der Waals surface area contributed by atoms with Crippen LogP contribution in [0.4, 0.5) is 18.9 Å². The Bertz CT molecular complexity index is 442. The lowest BCUT2D eigenvalue weighted by molar-refractivity contribution is -0.138. The minimum absolute atomic E-state index is 0.247. The summed E-state index contributed by atoms with van der Waals surface area (Å²) in [5.74, 6) is 0.398. The minimum atomic E-state index is -4.32. The van der Waals surface area contributed by atoms with E-state index in [4.69, 9.17) is 0 Å². The van der Waals surface area contributed by atoms with Gasteiger partial charge >= 0.3 is 6.18 Å². The molecule has 0 amide bonds. The lowest BCUT2D eigenvalue weighted by atomic mass is 10.0. The van der Waals surface area contributed by atoms with Crippen molar-refractivity contribution in [1.82, 2.24) is 5.32 Å².